The molecule has 176 valence electrons. The summed E-state index contributed by atoms with van der Waals surface area (Å²) in [7, 11) is 2.62. The average Bonchev–Trinajstić information content (AvgIpc) is 3.03. The number of imide groups is 2. The van der Waals surface area contributed by atoms with Gasteiger partial charge in [0.15, 0.2) is 0 Å². The summed E-state index contributed by atoms with van der Waals surface area (Å²) in [5, 5.41) is 23.7. The highest BCUT2D eigenvalue weighted by Gasteiger charge is 2.51. The van der Waals surface area contributed by atoms with Crippen LogP contribution < -0.4 is 4.73 Å². The molecule has 2 aromatic carbocycles. The van der Waals surface area contributed by atoms with Crippen molar-refractivity contribution in [2.24, 2.45) is 5.92 Å². The van der Waals surface area contributed by atoms with E-state index in [4.69, 9.17) is 0 Å². The molecular weight excluding hydrogens is 436 g/mol. The topological polar surface area (TPSA) is 110 Å². The van der Waals surface area contributed by atoms with Crippen LogP contribution in [0.4, 0.5) is 4.79 Å². The van der Waals surface area contributed by atoms with Crippen LogP contribution >= 0.6 is 0 Å². The van der Waals surface area contributed by atoms with Crippen LogP contribution in [0.5, 0.6) is 5.75 Å². The zero-order chi connectivity index (χ0) is 24.7. The summed E-state index contributed by atoms with van der Waals surface area (Å²) in [4.78, 5) is 40.8. The Labute approximate surface area is 197 Å². The van der Waals surface area contributed by atoms with Crippen molar-refractivity contribution in [2.45, 2.75) is 26.3 Å². The van der Waals surface area contributed by atoms with E-state index in [-0.39, 0.29) is 11.6 Å². The van der Waals surface area contributed by atoms with Crippen LogP contribution in [-0.4, -0.2) is 51.4 Å². The molecule has 3 aromatic rings. The van der Waals surface area contributed by atoms with Crippen molar-refractivity contribution in [2.75, 3.05) is 14.1 Å². The van der Waals surface area contributed by atoms with Gasteiger partial charge in [0.1, 0.15) is 35.5 Å². The monoisotopic (exact) mass is 462 g/mol. The summed E-state index contributed by atoms with van der Waals surface area (Å²) in [6, 6.07) is 14.9. The first-order chi connectivity index (χ1) is 16.1. The number of hydrogen-bond donors (Lipinski definition) is 1. The fourth-order valence-corrected chi connectivity index (χ4v) is 4.49. The Kier molecular flexibility index (Phi) is 5.87. The number of carbonyl (C=O) groups excluding carboxylic acids is 3. The Morgan fingerprint density at radius 2 is 1.59 bits per heavy atom. The molecule has 0 radical (unpaired) electrons. The van der Waals surface area contributed by atoms with Crippen molar-refractivity contribution in [1.29, 1.82) is 0 Å². The number of aromatic hydroxyl groups is 1. The maximum atomic E-state index is 13.5. The third-order valence-corrected chi connectivity index (χ3v) is 6.51. The second kappa shape index (κ2) is 8.66. The van der Waals surface area contributed by atoms with Gasteiger partial charge in [0.05, 0.1) is 0 Å². The van der Waals surface area contributed by atoms with Crippen molar-refractivity contribution in [3.8, 4) is 5.75 Å². The van der Waals surface area contributed by atoms with E-state index in [1.165, 1.54) is 26.2 Å². The minimum Gasteiger partial charge on any atom is -0.711 e. The summed E-state index contributed by atoms with van der Waals surface area (Å²) < 4.78 is 2.54. The Bertz CT molecular complexity index is 1260. The summed E-state index contributed by atoms with van der Waals surface area (Å²) in [5.41, 5.74) is 2.47. The highest BCUT2D eigenvalue weighted by molar-refractivity contribution is 6.16. The maximum Gasteiger partial charge on any atom is 0.332 e. The molecule has 1 atom stereocenters. The molecule has 1 saturated heterocycles. The van der Waals surface area contributed by atoms with Crippen LogP contribution in [0.1, 0.15) is 34.3 Å². The molecule has 2 heterocycles. The lowest BCUT2D eigenvalue weighted by Gasteiger charge is -2.36. The molecule has 4 rings (SSSR count). The molecule has 9 heteroatoms. The second-order valence-electron chi connectivity index (χ2n) is 8.52. The number of rotatable bonds is 5. The number of carbonyl (C=O) groups is 3. The highest BCUT2D eigenvalue weighted by atomic mass is 16.5. The lowest BCUT2D eigenvalue weighted by atomic mass is 9.82. The van der Waals surface area contributed by atoms with Crippen molar-refractivity contribution in [3.63, 3.8) is 0 Å². The molecule has 1 fully saturated rings. The third-order valence-electron chi connectivity index (χ3n) is 6.51. The van der Waals surface area contributed by atoms with Crippen LogP contribution in [0, 0.1) is 25.0 Å². The van der Waals surface area contributed by atoms with Gasteiger partial charge in [-0.25, -0.2) is 14.1 Å². The number of barbiturate groups is 1. The smallest absolute Gasteiger partial charge is 0.332 e. The van der Waals surface area contributed by atoms with Crippen LogP contribution in [0.2, 0.25) is 0 Å². The van der Waals surface area contributed by atoms with Crippen LogP contribution in [0.25, 0.3) is 0 Å². The standard InChI is InChI=1S/C25H26N4O5/c1-15-16(2)29(34)22(28(15)14-17-9-6-5-7-10-17)20(18-11-8-12-19(30)13-18)21-23(31)26(3)25(33)27(4)24(21)32/h5-13,20-21,30H,14H2,1-4H3/t20-/m1/s1. The Hall–Kier alpha value is -4.14. The molecule has 0 unspecified atom stereocenters. The third kappa shape index (κ3) is 3.68. The highest BCUT2D eigenvalue weighted by Crippen LogP contribution is 2.37. The van der Waals surface area contributed by atoms with Gasteiger partial charge in [-0.05, 0) is 23.3 Å². The summed E-state index contributed by atoms with van der Waals surface area (Å²) in [6.07, 6.45) is 0. The van der Waals surface area contributed by atoms with Gasteiger partial charge in [0.25, 0.3) is 5.82 Å². The van der Waals surface area contributed by atoms with Crippen molar-refractivity contribution in [3.05, 3.63) is 88.1 Å². The first-order valence-electron chi connectivity index (χ1n) is 10.8. The lowest BCUT2D eigenvalue weighted by Crippen LogP contribution is -2.59. The SMILES string of the molecule is Cc1c(C)[n+]([O-])c([C@H](c2cccc(O)c2)C2C(=O)N(C)C(=O)N(C)C2=O)n1Cc1ccccc1. The Balaban J connectivity index is 1.98. The minimum absolute atomic E-state index is 0.0666. The number of urea groups is 1. The van der Waals surface area contributed by atoms with Gasteiger partial charge in [-0.15, -0.1) is 0 Å². The molecule has 0 saturated carbocycles. The largest absolute Gasteiger partial charge is 0.711 e. The van der Waals surface area contributed by atoms with Crippen LogP contribution in [-0.2, 0) is 16.1 Å². The zero-order valence-corrected chi connectivity index (χ0v) is 19.4. The molecule has 0 aliphatic carbocycles. The number of hydrogen-bond acceptors (Lipinski definition) is 5. The number of amides is 4. The predicted octanol–water partition coefficient (Wildman–Crippen LogP) is 2.29. The predicted molar refractivity (Wildman–Crippen MR) is 123 cm³/mol. The van der Waals surface area contributed by atoms with E-state index >= 15 is 0 Å². The Morgan fingerprint density at radius 3 is 2.18 bits per heavy atom. The van der Waals surface area contributed by atoms with E-state index < -0.39 is 29.7 Å². The number of phenolic OH excluding ortho intramolecular Hbond substituents is 1. The normalized spacial score (nSPS) is 15.8. The minimum atomic E-state index is -1.36. The first-order valence-corrected chi connectivity index (χ1v) is 10.8. The summed E-state index contributed by atoms with van der Waals surface area (Å²) in [5.74, 6) is -3.69. The number of aromatic nitrogens is 2. The van der Waals surface area contributed by atoms with Gasteiger partial charge in [-0.3, -0.25) is 19.4 Å². The second-order valence-corrected chi connectivity index (χ2v) is 8.52. The number of imidazole rings is 1. The van der Waals surface area contributed by atoms with Gasteiger partial charge in [0.2, 0.25) is 11.8 Å². The maximum absolute atomic E-state index is 13.5. The zero-order valence-electron chi connectivity index (χ0n) is 19.4. The molecule has 34 heavy (non-hydrogen) atoms. The van der Waals surface area contributed by atoms with E-state index in [0.29, 0.717) is 23.5 Å². The average molecular weight is 463 g/mol. The fourth-order valence-electron chi connectivity index (χ4n) is 4.49. The molecule has 1 aliphatic heterocycles. The summed E-state index contributed by atoms with van der Waals surface area (Å²) in [6.45, 7) is 3.83. The fraction of sp³-hybridized carbons (Fsp3) is 0.280. The molecule has 0 bridgehead atoms. The van der Waals surface area contributed by atoms with Gasteiger partial charge in [-0.2, -0.15) is 0 Å². The van der Waals surface area contributed by atoms with E-state index in [1.54, 1.807) is 23.6 Å². The molecular formula is C25H26N4O5. The van der Waals surface area contributed by atoms with E-state index in [1.807, 2.05) is 37.3 Å². The number of nitrogens with zero attached hydrogens (tertiary/aromatic N) is 4. The molecule has 1 N–H and O–H groups in total. The van der Waals surface area contributed by atoms with Gasteiger partial charge in [0, 0.05) is 27.9 Å². The van der Waals surface area contributed by atoms with Crippen molar-refractivity contribution >= 4 is 17.8 Å². The number of benzene rings is 2. The molecule has 4 amide bonds. The van der Waals surface area contributed by atoms with Crippen molar-refractivity contribution < 1.29 is 24.2 Å². The van der Waals surface area contributed by atoms with Gasteiger partial charge < -0.3 is 10.3 Å². The number of phenols is 1. The molecule has 0 spiro atoms. The van der Waals surface area contributed by atoms with Gasteiger partial charge >= 0.3 is 6.03 Å². The quantitative estimate of drug-likeness (QED) is 0.355. The summed E-state index contributed by atoms with van der Waals surface area (Å²) >= 11 is 0. The van der Waals surface area contributed by atoms with Crippen LogP contribution in [0.3, 0.4) is 0 Å². The van der Waals surface area contributed by atoms with Gasteiger partial charge in [-0.1, -0.05) is 42.5 Å². The molecule has 9 nitrogen and oxygen atoms in total. The van der Waals surface area contributed by atoms with Crippen LogP contribution in [0.15, 0.2) is 54.6 Å². The molecule has 1 aromatic heterocycles. The van der Waals surface area contributed by atoms with E-state index in [0.717, 1.165) is 20.1 Å². The Morgan fingerprint density at radius 1 is 0.971 bits per heavy atom. The van der Waals surface area contributed by atoms with E-state index in [2.05, 4.69) is 0 Å². The lowest BCUT2D eigenvalue weighted by molar-refractivity contribution is -0.621. The molecule has 1 aliphatic rings. The van der Waals surface area contributed by atoms with E-state index in [9.17, 15) is 24.7 Å². The van der Waals surface area contributed by atoms with Crippen molar-refractivity contribution in [1.82, 2.24) is 14.4 Å². The first kappa shape index (κ1) is 23.0.